The summed E-state index contributed by atoms with van der Waals surface area (Å²) in [5.74, 6) is 0.0259. The van der Waals surface area contributed by atoms with Crippen LogP contribution in [0.5, 0.6) is 5.75 Å². The van der Waals surface area contributed by atoms with Gasteiger partial charge in [0.05, 0.1) is 12.6 Å². The molecule has 6 nitrogen and oxygen atoms in total. The Hall–Kier alpha value is -3.02. The Kier molecular flexibility index (Phi) is 5.11. The van der Waals surface area contributed by atoms with E-state index in [0.717, 1.165) is 16.9 Å². The maximum absolute atomic E-state index is 12.4. The first-order chi connectivity index (χ1) is 12.5. The zero-order valence-electron chi connectivity index (χ0n) is 15.1. The second-order valence-electron chi connectivity index (χ2n) is 6.41. The largest absolute Gasteiger partial charge is 0.496 e. The molecular formula is C20H22N2O4. The van der Waals surface area contributed by atoms with E-state index in [-0.39, 0.29) is 18.5 Å². The summed E-state index contributed by atoms with van der Waals surface area (Å²) < 4.78 is 11.9. The number of rotatable bonds is 6. The van der Waals surface area contributed by atoms with Gasteiger partial charge in [-0.25, -0.2) is 4.79 Å². The summed E-state index contributed by atoms with van der Waals surface area (Å²) in [4.78, 5) is 24.4. The molecule has 0 aliphatic heterocycles. The number of oxazole rings is 1. The van der Waals surface area contributed by atoms with E-state index in [9.17, 15) is 9.59 Å². The topological polar surface area (TPSA) is 73.5 Å². The molecule has 0 unspecified atom stereocenters. The number of hydrogen-bond donors (Lipinski definition) is 1. The van der Waals surface area contributed by atoms with Crippen molar-refractivity contribution in [3.63, 3.8) is 0 Å². The fourth-order valence-corrected chi connectivity index (χ4v) is 3.04. The molecule has 0 bridgehead atoms. The molecule has 1 N–H and O–H groups in total. The lowest BCUT2D eigenvalue weighted by Crippen LogP contribution is -2.37. The zero-order chi connectivity index (χ0) is 18.7. The van der Waals surface area contributed by atoms with E-state index in [4.69, 9.17) is 9.15 Å². The molecule has 0 radical (unpaired) electrons. The highest BCUT2D eigenvalue weighted by Crippen LogP contribution is 2.19. The number of nitrogens with one attached hydrogen (secondary N) is 1. The summed E-state index contributed by atoms with van der Waals surface area (Å²) in [6.07, 6.45) is 0.635. The van der Waals surface area contributed by atoms with Gasteiger partial charge >= 0.3 is 5.76 Å². The first kappa shape index (κ1) is 17.8. The van der Waals surface area contributed by atoms with E-state index in [1.54, 1.807) is 13.2 Å². The van der Waals surface area contributed by atoms with Gasteiger partial charge in [-0.1, -0.05) is 24.3 Å². The average molecular weight is 354 g/mol. The molecule has 1 heterocycles. The molecule has 3 aromatic rings. The molecule has 2 aromatic carbocycles. The Balaban J connectivity index is 1.70. The number of ether oxygens (including phenoxy) is 1. The number of methoxy groups -OCH3 is 1. The standard InChI is InChI=1S/C20H22N2O4/c1-13-8-9-18-16(10-13)22(20(24)26-18)12-19(23)21-14(2)11-15-6-4-5-7-17(15)25-3/h4-10,14H,11-12H2,1-3H3,(H,21,23)/t14-/m0/s1. The van der Waals surface area contributed by atoms with E-state index in [1.165, 1.54) is 4.57 Å². The lowest BCUT2D eigenvalue weighted by molar-refractivity contribution is -0.122. The minimum Gasteiger partial charge on any atom is -0.496 e. The SMILES string of the molecule is COc1ccccc1C[C@H](C)NC(=O)Cn1c(=O)oc2ccc(C)cc21. The van der Waals surface area contributed by atoms with Crippen LogP contribution in [0.2, 0.25) is 0 Å². The number of carbonyl (C=O) groups is 1. The summed E-state index contributed by atoms with van der Waals surface area (Å²) in [5.41, 5.74) is 3.12. The van der Waals surface area contributed by atoms with Gasteiger partial charge in [0.1, 0.15) is 12.3 Å². The number of aromatic nitrogens is 1. The van der Waals surface area contributed by atoms with Gasteiger partial charge in [0.15, 0.2) is 5.58 Å². The van der Waals surface area contributed by atoms with Gasteiger partial charge in [-0.05, 0) is 49.6 Å². The minimum atomic E-state index is -0.530. The van der Waals surface area contributed by atoms with Crippen molar-refractivity contribution in [3.8, 4) is 5.75 Å². The van der Waals surface area contributed by atoms with Gasteiger partial charge in [-0.3, -0.25) is 9.36 Å². The Morgan fingerprint density at radius 2 is 2.04 bits per heavy atom. The first-order valence-corrected chi connectivity index (χ1v) is 8.49. The predicted octanol–water partition coefficient (Wildman–Crippen LogP) is 2.66. The normalized spacial score (nSPS) is 12.1. The Bertz CT molecular complexity index is 987. The van der Waals surface area contributed by atoms with Gasteiger partial charge in [-0.15, -0.1) is 0 Å². The summed E-state index contributed by atoms with van der Waals surface area (Å²) in [5, 5.41) is 2.93. The van der Waals surface area contributed by atoms with Crippen LogP contribution < -0.4 is 15.8 Å². The van der Waals surface area contributed by atoms with Crippen LogP contribution in [0.4, 0.5) is 0 Å². The van der Waals surface area contributed by atoms with Crippen molar-refractivity contribution in [2.45, 2.75) is 32.9 Å². The van der Waals surface area contributed by atoms with Crippen molar-refractivity contribution >= 4 is 17.0 Å². The van der Waals surface area contributed by atoms with Gasteiger partial charge in [0.2, 0.25) is 5.91 Å². The van der Waals surface area contributed by atoms with Crippen molar-refractivity contribution in [2.75, 3.05) is 7.11 Å². The van der Waals surface area contributed by atoms with E-state index in [2.05, 4.69) is 5.32 Å². The van der Waals surface area contributed by atoms with Gasteiger partial charge in [-0.2, -0.15) is 0 Å². The van der Waals surface area contributed by atoms with Crippen LogP contribution >= 0.6 is 0 Å². The number of benzene rings is 2. The number of para-hydroxylation sites is 1. The van der Waals surface area contributed by atoms with E-state index >= 15 is 0 Å². The fourth-order valence-electron chi connectivity index (χ4n) is 3.04. The second kappa shape index (κ2) is 7.47. The summed E-state index contributed by atoms with van der Waals surface area (Å²) in [6.45, 7) is 3.77. The van der Waals surface area contributed by atoms with Crippen LogP contribution in [0, 0.1) is 6.92 Å². The van der Waals surface area contributed by atoms with E-state index < -0.39 is 5.76 Å². The molecule has 0 saturated carbocycles. The van der Waals surface area contributed by atoms with Crippen molar-refractivity contribution in [1.82, 2.24) is 9.88 Å². The molecule has 0 spiro atoms. The van der Waals surface area contributed by atoms with Crippen LogP contribution in [-0.2, 0) is 17.8 Å². The van der Waals surface area contributed by atoms with Gasteiger partial charge in [0, 0.05) is 6.04 Å². The highest BCUT2D eigenvalue weighted by Gasteiger charge is 2.15. The minimum absolute atomic E-state index is 0.0778. The van der Waals surface area contributed by atoms with Crippen molar-refractivity contribution in [2.24, 2.45) is 0 Å². The molecule has 1 amide bonds. The Morgan fingerprint density at radius 1 is 1.27 bits per heavy atom. The zero-order valence-corrected chi connectivity index (χ0v) is 15.1. The molecule has 0 saturated heterocycles. The smallest absolute Gasteiger partial charge is 0.420 e. The Morgan fingerprint density at radius 3 is 2.81 bits per heavy atom. The number of nitrogens with zero attached hydrogens (tertiary/aromatic N) is 1. The summed E-state index contributed by atoms with van der Waals surface area (Å²) in [6, 6.07) is 13.0. The van der Waals surface area contributed by atoms with Gasteiger partial charge in [0.25, 0.3) is 0 Å². The van der Waals surface area contributed by atoms with Crippen molar-refractivity contribution in [3.05, 3.63) is 64.1 Å². The number of fused-ring (bicyclic) bond motifs is 1. The average Bonchev–Trinajstić information content (AvgIpc) is 2.90. The number of hydrogen-bond acceptors (Lipinski definition) is 4. The van der Waals surface area contributed by atoms with Crippen LogP contribution in [0.1, 0.15) is 18.1 Å². The molecule has 26 heavy (non-hydrogen) atoms. The molecule has 3 rings (SSSR count). The monoisotopic (exact) mass is 354 g/mol. The third-order valence-corrected chi connectivity index (χ3v) is 4.25. The van der Waals surface area contributed by atoms with Crippen molar-refractivity contribution < 1.29 is 13.9 Å². The third kappa shape index (κ3) is 3.79. The second-order valence-corrected chi connectivity index (χ2v) is 6.41. The molecule has 0 aliphatic carbocycles. The quantitative estimate of drug-likeness (QED) is 0.739. The maximum atomic E-state index is 12.4. The van der Waals surface area contributed by atoms with Crippen molar-refractivity contribution in [1.29, 1.82) is 0 Å². The van der Waals surface area contributed by atoms with Crippen LogP contribution in [0.25, 0.3) is 11.1 Å². The van der Waals surface area contributed by atoms with E-state index in [0.29, 0.717) is 17.5 Å². The molecule has 1 aromatic heterocycles. The fraction of sp³-hybridized carbons (Fsp3) is 0.300. The predicted molar refractivity (Wildman–Crippen MR) is 99.5 cm³/mol. The highest BCUT2D eigenvalue weighted by atomic mass is 16.5. The lowest BCUT2D eigenvalue weighted by Gasteiger charge is -2.16. The number of carbonyl (C=O) groups excluding carboxylic acids is 1. The van der Waals surface area contributed by atoms with Crippen LogP contribution in [0.3, 0.4) is 0 Å². The first-order valence-electron chi connectivity index (χ1n) is 8.49. The molecule has 1 atom stereocenters. The maximum Gasteiger partial charge on any atom is 0.420 e. The molecule has 6 heteroatoms. The molecule has 136 valence electrons. The van der Waals surface area contributed by atoms with E-state index in [1.807, 2.05) is 50.2 Å². The lowest BCUT2D eigenvalue weighted by atomic mass is 10.1. The van der Waals surface area contributed by atoms with Gasteiger partial charge < -0.3 is 14.5 Å². The Labute approximate surface area is 151 Å². The molecule has 0 fully saturated rings. The third-order valence-electron chi connectivity index (χ3n) is 4.25. The van der Waals surface area contributed by atoms with Crippen LogP contribution in [-0.4, -0.2) is 23.6 Å². The summed E-state index contributed by atoms with van der Waals surface area (Å²) in [7, 11) is 1.63. The number of aryl methyl sites for hydroxylation is 1. The van der Waals surface area contributed by atoms with Crippen LogP contribution in [0.15, 0.2) is 51.7 Å². The molecular weight excluding hydrogens is 332 g/mol. The summed E-state index contributed by atoms with van der Waals surface area (Å²) >= 11 is 0. The number of amides is 1. The molecule has 0 aliphatic rings. The highest BCUT2D eigenvalue weighted by molar-refractivity contribution is 5.80.